The highest BCUT2D eigenvalue weighted by Crippen LogP contribution is 2.21. The molecule has 0 saturated heterocycles. The summed E-state index contributed by atoms with van der Waals surface area (Å²) in [6.07, 6.45) is 4.49. The molecule has 0 saturated carbocycles. The molecule has 0 unspecified atom stereocenters. The van der Waals surface area contributed by atoms with Crippen LogP contribution in [0.5, 0.6) is 0 Å². The maximum Gasteiger partial charge on any atom is 0.320 e. The maximum atomic E-state index is 11.9. The number of nitriles is 1. The van der Waals surface area contributed by atoms with E-state index in [1.54, 1.807) is 13.1 Å². The zero-order valence-electron chi connectivity index (χ0n) is 13.0. The number of unbranched alkanes of at least 4 members (excludes halogenated alkanes) is 1. The molecular weight excluding hydrogens is 314 g/mol. The van der Waals surface area contributed by atoms with Crippen molar-refractivity contribution in [3.05, 3.63) is 29.6 Å². The molecule has 0 amide bonds. The molecule has 7 nitrogen and oxygen atoms in total. The molecule has 0 aliphatic heterocycles. The number of hydrogen-bond donors (Lipinski definition) is 0. The van der Waals surface area contributed by atoms with Crippen molar-refractivity contribution in [3.8, 4) is 6.07 Å². The summed E-state index contributed by atoms with van der Waals surface area (Å²) in [5, 5.41) is 25.2. The monoisotopic (exact) mass is 331 g/mol. The zero-order chi connectivity index (χ0) is 16.7. The molecule has 2 aromatic heterocycles. The van der Waals surface area contributed by atoms with Gasteiger partial charge in [0.25, 0.3) is 6.20 Å². The van der Waals surface area contributed by atoms with E-state index in [1.807, 2.05) is 6.07 Å². The Hall–Kier alpha value is -2.40. The van der Waals surface area contributed by atoms with Crippen molar-refractivity contribution in [1.82, 2.24) is 10.3 Å². The van der Waals surface area contributed by atoms with Crippen LogP contribution in [0.4, 0.5) is 5.88 Å². The zero-order valence-corrected chi connectivity index (χ0v) is 13.8. The van der Waals surface area contributed by atoms with Crippen molar-refractivity contribution in [1.29, 1.82) is 5.26 Å². The Balaban J connectivity index is 2.06. The standard InChI is InChI=1S/C15H17N5O2S/c1-3-4-5-12-7-6-11(8-16)15(17-12)23-10-13(21)18-14-9-20(2)19-22-14/h6-7,9H,3-5,10H2,1-2H3. The van der Waals surface area contributed by atoms with E-state index in [-0.39, 0.29) is 17.5 Å². The molecule has 0 fully saturated rings. The average Bonchev–Trinajstić information content (AvgIpc) is 2.95. The van der Waals surface area contributed by atoms with Crippen LogP contribution in [0.15, 0.2) is 32.9 Å². The lowest BCUT2D eigenvalue weighted by atomic mass is 10.2. The topological polar surface area (TPSA) is 102 Å². The summed E-state index contributed by atoms with van der Waals surface area (Å²) in [6, 6.07) is 5.71. The lowest BCUT2D eigenvalue weighted by Gasteiger charge is -2.10. The summed E-state index contributed by atoms with van der Waals surface area (Å²) in [6.45, 7) is 2.11. The Bertz CT molecular complexity index is 736. The van der Waals surface area contributed by atoms with Gasteiger partial charge in [-0.15, -0.1) is 0 Å². The van der Waals surface area contributed by atoms with Gasteiger partial charge in [0.2, 0.25) is 0 Å². The van der Waals surface area contributed by atoms with Crippen LogP contribution < -0.4 is 9.79 Å². The highest BCUT2D eigenvalue weighted by Gasteiger charge is 2.08. The number of thioether (sulfide) groups is 1. The average molecular weight is 331 g/mol. The third kappa shape index (κ3) is 5.07. The molecule has 0 spiro atoms. The molecule has 0 aliphatic carbocycles. The Kier molecular flexibility index (Phi) is 6.11. The van der Waals surface area contributed by atoms with Crippen molar-refractivity contribution in [2.45, 2.75) is 31.2 Å². The predicted octanol–water partition coefficient (Wildman–Crippen LogP) is 1.29. The summed E-state index contributed by atoms with van der Waals surface area (Å²) in [5.41, 5.74) is 1.40. The van der Waals surface area contributed by atoms with E-state index in [0.29, 0.717) is 10.6 Å². The second kappa shape index (κ2) is 8.29. The van der Waals surface area contributed by atoms with Crippen LogP contribution in [0.1, 0.15) is 31.0 Å². The first-order chi connectivity index (χ1) is 11.1. The van der Waals surface area contributed by atoms with Gasteiger partial charge in [0.1, 0.15) is 11.1 Å². The van der Waals surface area contributed by atoms with Crippen LogP contribution in [-0.2, 0) is 13.5 Å². The van der Waals surface area contributed by atoms with Crippen molar-refractivity contribution >= 4 is 23.5 Å². The fourth-order valence-electron chi connectivity index (χ4n) is 1.82. The molecule has 0 aliphatic rings. The minimum absolute atomic E-state index is 0.0866. The Morgan fingerprint density at radius 3 is 3.00 bits per heavy atom. The van der Waals surface area contributed by atoms with E-state index in [1.165, 1.54) is 22.6 Å². The van der Waals surface area contributed by atoms with Crippen molar-refractivity contribution < 1.29 is 14.3 Å². The van der Waals surface area contributed by atoms with Gasteiger partial charge in [-0.2, -0.15) is 5.26 Å². The second-order valence-corrected chi connectivity index (χ2v) is 5.84. The lowest BCUT2D eigenvalue weighted by molar-refractivity contribution is -0.739. The minimum Gasteiger partial charge on any atom is -0.861 e. The highest BCUT2D eigenvalue weighted by molar-refractivity contribution is 7.99. The number of hydrogen-bond acceptors (Lipinski definition) is 7. The number of nitrogens with zero attached hydrogens (tertiary/aromatic N) is 5. The van der Waals surface area contributed by atoms with Crippen LogP contribution in [-0.4, -0.2) is 21.9 Å². The van der Waals surface area contributed by atoms with E-state index in [4.69, 9.17) is 9.78 Å². The molecule has 2 heterocycles. The first-order valence-electron chi connectivity index (χ1n) is 7.22. The number of aliphatic imine (C=N–C) groups is 1. The Morgan fingerprint density at radius 1 is 1.52 bits per heavy atom. The second-order valence-electron chi connectivity index (χ2n) is 4.88. The molecular formula is C15H17N5O2S. The fourth-order valence-corrected chi connectivity index (χ4v) is 2.59. The van der Waals surface area contributed by atoms with Gasteiger partial charge in [-0.25, -0.2) is 9.98 Å². The normalized spacial score (nSPS) is 11.4. The fraction of sp³-hybridized carbons (Fsp3) is 0.400. The van der Waals surface area contributed by atoms with Crippen LogP contribution in [0.3, 0.4) is 0 Å². The van der Waals surface area contributed by atoms with Gasteiger partial charge in [0.05, 0.1) is 5.56 Å². The smallest absolute Gasteiger partial charge is 0.320 e. The molecule has 0 bridgehead atoms. The summed E-state index contributed by atoms with van der Waals surface area (Å²) in [7, 11) is 1.67. The van der Waals surface area contributed by atoms with E-state index in [2.05, 4.69) is 28.2 Å². The molecule has 8 heteroatoms. The lowest BCUT2D eigenvalue weighted by Crippen LogP contribution is -2.27. The van der Waals surface area contributed by atoms with Crippen LogP contribution in [0, 0.1) is 11.3 Å². The number of rotatable bonds is 7. The van der Waals surface area contributed by atoms with Gasteiger partial charge in [-0.3, -0.25) is 4.52 Å². The van der Waals surface area contributed by atoms with E-state index in [9.17, 15) is 5.11 Å². The molecule has 0 aromatic carbocycles. The van der Waals surface area contributed by atoms with Crippen molar-refractivity contribution in [2.75, 3.05) is 5.75 Å². The third-order valence-corrected chi connectivity index (χ3v) is 3.93. The summed E-state index contributed by atoms with van der Waals surface area (Å²) < 4.78 is 6.27. The van der Waals surface area contributed by atoms with Gasteiger partial charge in [-0.1, -0.05) is 29.8 Å². The Labute approximate surface area is 138 Å². The number of aromatic nitrogens is 3. The molecule has 0 N–H and O–H groups in total. The molecule has 2 aromatic rings. The van der Waals surface area contributed by atoms with Gasteiger partial charge in [-0.05, 0) is 30.9 Å². The molecule has 23 heavy (non-hydrogen) atoms. The molecule has 120 valence electrons. The largest absolute Gasteiger partial charge is 0.861 e. The van der Waals surface area contributed by atoms with E-state index >= 15 is 0 Å². The highest BCUT2D eigenvalue weighted by atomic mass is 32.2. The molecule has 0 radical (unpaired) electrons. The number of aryl methyl sites for hydroxylation is 2. The maximum absolute atomic E-state index is 11.9. The van der Waals surface area contributed by atoms with Gasteiger partial charge in [0.15, 0.2) is 12.3 Å². The number of pyridine rings is 1. The third-order valence-electron chi connectivity index (χ3n) is 2.95. The van der Waals surface area contributed by atoms with E-state index < -0.39 is 0 Å². The van der Waals surface area contributed by atoms with Crippen molar-refractivity contribution in [3.63, 3.8) is 0 Å². The van der Waals surface area contributed by atoms with E-state index in [0.717, 1.165) is 25.0 Å². The molecule has 0 atom stereocenters. The van der Waals surface area contributed by atoms with Gasteiger partial charge in [0, 0.05) is 11.4 Å². The van der Waals surface area contributed by atoms with Crippen LogP contribution in [0.2, 0.25) is 0 Å². The SMILES string of the molecule is CCCCc1ccc(C#N)c(SC/C([O-])=N/c2c[n+](C)no2)n1. The summed E-state index contributed by atoms with van der Waals surface area (Å²) in [5.74, 6) is -0.122. The Morgan fingerprint density at radius 2 is 2.35 bits per heavy atom. The van der Waals surface area contributed by atoms with Crippen molar-refractivity contribution in [2.24, 2.45) is 12.0 Å². The predicted molar refractivity (Wildman–Crippen MR) is 83.1 cm³/mol. The van der Waals surface area contributed by atoms with Crippen LogP contribution >= 0.6 is 11.8 Å². The summed E-state index contributed by atoms with van der Waals surface area (Å²) >= 11 is 1.21. The quantitative estimate of drug-likeness (QED) is 0.328. The van der Waals surface area contributed by atoms with Gasteiger partial charge >= 0.3 is 5.88 Å². The molecule has 2 rings (SSSR count). The summed E-state index contributed by atoms with van der Waals surface area (Å²) in [4.78, 5) is 8.27. The first kappa shape index (κ1) is 17.0. The van der Waals surface area contributed by atoms with Gasteiger partial charge < -0.3 is 5.11 Å². The minimum atomic E-state index is -0.364. The first-order valence-corrected chi connectivity index (χ1v) is 8.21. The van der Waals surface area contributed by atoms with Crippen LogP contribution in [0.25, 0.3) is 0 Å².